The lowest BCUT2D eigenvalue weighted by Crippen LogP contribution is -2.48. The van der Waals surface area contributed by atoms with Gasteiger partial charge in [-0.1, -0.05) is 30.3 Å². The summed E-state index contributed by atoms with van der Waals surface area (Å²) in [6.07, 6.45) is -1.97. The van der Waals surface area contributed by atoms with Crippen molar-refractivity contribution in [1.29, 1.82) is 0 Å². The van der Waals surface area contributed by atoms with Crippen LogP contribution in [0, 0.1) is 12.8 Å². The minimum atomic E-state index is -4.47. The van der Waals surface area contributed by atoms with Crippen LogP contribution in [-0.4, -0.2) is 45.3 Å². The number of fused-ring (bicyclic) bond motifs is 2. The van der Waals surface area contributed by atoms with Crippen molar-refractivity contribution < 1.29 is 18.0 Å². The minimum absolute atomic E-state index is 0.0847. The maximum atomic E-state index is 13.1. The van der Waals surface area contributed by atoms with Crippen LogP contribution in [0.2, 0.25) is 0 Å². The summed E-state index contributed by atoms with van der Waals surface area (Å²) in [5.41, 5.74) is 6.80. The second-order valence-electron chi connectivity index (χ2n) is 10.7. The van der Waals surface area contributed by atoms with Crippen LogP contribution >= 0.6 is 0 Å². The summed E-state index contributed by atoms with van der Waals surface area (Å²) in [5, 5.41) is 0. The van der Waals surface area contributed by atoms with E-state index in [0.717, 1.165) is 43.5 Å². The Bertz CT molecular complexity index is 1350. The van der Waals surface area contributed by atoms with E-state index in [1.807, 2.05) is 15.9 Å². The second-order valence-corrected chi connectivity index (χ2v) is 10.7. The average Bonchev–Trinajstić information content (AvgIpc) is 3.31. The Hall–Kier alpha value is -3.46. The summed E-state index contributed by atoms with van der Waals surface area (Å²) in [7, 11) is 0. The molecule has 38 heavy (non-hydrogen) atoms. The molecule has 0 spiro atoms. The van der Waals surface area contributed by atoms with Crippen molar-refractivity contribution in [3.05, 3.63) is 88.0 Å². The zero-order valence-electron chi connectivity index (χ0n) is 21.3. The van der Waals surface area contributed by atoms with Crippen LogP contribution < -0.4 is 4.90 Å². The number of alkyl halides is 3. The van der Waals surface area contributed by atoms with Crippen LogP contribution in [0.3, 0.4) is 0 Å². The molecule has 0 unspecified atom stereocenters. The Balaban J connectivity index is 1.06. The molecule has 9 heteroatoms. The summed E-state index contributed by atoms with van der Waals surface area (Å²) >= 11 is 0. The van der Waals surface area contributed by atoms with Gasteiger partial charge in [-0.15, -0.1) is 0 Å². The smallest absolute Gasteiger partial charge is 0.371 e. The summed E-state index contributed by atoms with van der Waals surface area (Å²) in [6, 6.07) is 13.2. The van der Waals surface area contributed by atoms with Gasteiger partial charge in [-0.25, -0.2) is 0 Å². The van der Waals surface area contributed by atoms with Crippen LogP contribution in [0.5, 0.6) is 0 Å². The molecule has 0 atom stereocenters. The zero-order valence-corrected chi connectivity index (χ0v) is 21.3. The molecule has 0 N–H and O–H groups in total. The molecule has 1 aromatic carbocycles. The van der Waals surface area contributed by atoms with Crippen molar-refractivity contribution in [2.45, 2.75) is 52.1 Å². The van der Waals surface area contributed by atoms with Gasteiger partial charge in [0.1, 0.15) is 5.69 Å². The molecule has 198 valence electrons. The van der Waals surface area contributed by atoms with Gasteiger partial charge in [0.15, 0.2) is 0 Å². The maximum absolute atomic E-state index is 13.1. The molecule has 3 aliphatic heterocycles. The standard InChI is InChI=1S/C29H30F3N5O/c1-19-23-16-35(13-20-5-3-2-4-6-20)10-8-25(23)34-26-18-37(17-24(19)26)28(38)11-21-14-36(15-21)22-7-9-33-27(12-22)29(30,31)32/h2-7,9,12,21H,8,10-11,13-18H2,1H3. The van der Waals surface area contributed by atoms with Crippen LogP contribution in [0.15, 0.2) is 48.7 Å². The molecule has 3 aromatic rings. The van der Waals surface area contributed by atoms with Gasteiger partial charge >= 0.3 is 6.18 Å². The zero-order chi connectivity index (χ0) is 26.4. The highest BCUT2D eigenvalue weighted by Gasteiger charge is 2.36. The van der Waals surface area contributed by atoms with Crippen LogP contribution in [0.1, 0.15) is 45.8 Å². The molecule has 0 radical (unpaired) electrons. The van der Waals surface area contributed by atoms with E-state index in [-0.39, 0.29) is 11.8 Å². The van der Waals surface area contributed by atoms with Crippen molar-refractivity contribution in [1.82, 2.24) is 19.8 Å². The third-order valence-corrected chi connectivity index (χ3v) is 8.03. The molecule has 1 amide bonds. The molecule has 6 rings (SSSR count). The highest BCUT2D eigenvalue weighted by molar-refractivity contribution is 5.77. The first-order valence-electron chi connectivity index (χ1n) is 13.1. The Morgan fingerprint density at radius 1 is 1.03 bits per heavy atom. The van der Waals surface area contributed by atoms with Crippen molar-refractivity contribution in [3.8, 4) is 0 Å². The lowest BCUT2D eigenvalue weighted by atomic mass is 9.94. The fourth-order valence-corrected chi connectivity index (χ4v) is 5.87. The largest absolute Gasteiger partial charge is 0.433 e. The van der Waals surface area contributed by atoms with Gasteiger partial charge < -0.3 is 9.80 Å². The third kappa shape index (κ3) is 4.87. The fraction of sp³-hybridized carbons (Fsp3) is 0.414. The first-order valence-corrected chi connectivity index (χ1v) is 13.1. The normalized spacial score (nSPS) is 17.8. The SMILES string of the molecule is Cc1c2c(nc3c1CN(C(=O)CC1CN(c4ccnc(C(F)(F)F)c4)C1)C3)CCN(Cc1ccccc1)C2. The summed E-state index contributed by atoms with van der Waals surface area (Å²) in [5.74, 6) is 0.212. The van der Waals surface area contributed by atoms with Crippen LogP contribution in [0.25, 0.3) is 0 Å². The number of halogens is 3. The molecule has 0 bridgehead atoms. The first kappa shape index (κ1) is 24.9. The Morgan fingerprint density at radius 2 is 1.79 bits per heavy atom. The summed E-state index contributed by atoms with van der Waals surface area (Å²) < 4.78 is 39.0. The molecule has 6 nitrogen and oxygen atoms in total. The van der Waals surface area contributed by atoms with E-state index in [0.29, 0.717) is 38.3 Å². The molecule has 0 aliphatic carbocycles. The number of hydrogen-bond acceptors (Lipinski definition) is 5. The highest BCUT2D eigenvalue weighted by atomic mass is 19.4. The number of carbonyl (C=O) groups excluding carboxylic acids is 1. The molecule has 2 aromatic heterocycles. The number of anilines is 1. The monoisotopic (exact) mass is 521 g/mol. The van der Waals surface area contributed by atoms with E-state index in [9.17, 15) is 18.0 Å². The topological polar surface area (TPSA) is 52.6 Å². The van der Waals surface area contributed by atoms with E-state index >= 15 is 0 Å². The predicted molar refractivity (Wildman–Crippen MR) is 137 cm³/mol. The number of rotatable bonds is 5. The third-order valence-electron chi connectivity index (χ3n) is 8.03. The van der Waals surface area contributed by atoms with E-state index in [4.69, 9.17) is 4.98 Å². The molecule has 1 fully saturated rings. The lowest BCUT2D eigenvalue weighted by molar-refractivity contribution is -0.141. The van der Waals surface area contributed by atoms with Crippen molar-refractivity contribution >= 4 is 11.6 Å². The number of aromatic nitrogens is 2. The van der Waals surface area contributed by atoms with Gasteiger partial charge in [0.05, 0.1) is 12.2 Å². The van der Waals surface area contributed by atoms with Gasteiger partial charge in [0, 0.05) is 75.6 Å². The number of nitrogens with zero attached hydrogens (tertiary/aromatic N) is 5. The number of amides is 1. The lowest BCUT2D eigenvalue weighted by Gasteiger charge is -2.41. The van der Waals surface area contributed by atoms with Crippen LogP contribution in [0.4, 0.5) is 18.9 Å². The Morgan fingerprint density at radius 3 is 2.55 bits per heavy atom. The van der Waals surface area contributed by atoms with Crippen molar-refractivity contribution in [2.75, 3.05) is 24.5 Å². The molecule has 1 saturated heterocycles. The van der Waals surface area contributed by atoms with Gasteiger partial charge in [0.2, 0.25) is 5.91 Å². The number of hydrogen-bond donors (Lipinski definition) is 0. The van der Waals surface area contributed by atoms with Gasteiger partial charge in [-0.05, 0) is 41.3 Å². The van der Waals surface area contributed by atoms with Crippen molar-refractivity contribution in [2.24, 2.45) is 5.92 Å². The van der Waals surface area contributed by atoms with Gasteiger partial charge in [-0.2, -0.15) is 13.2 Å². The van der Waals surface area contributed by atoms with E-state index in [2.05, 4.69) is 41.1 Å². The van der Waals surface area contributed by atoms with E-state index in [1.165, 1.54) is 28.5 Å². The fourth-order valence-electron chi connectivity index (χ4n) is 5.87. The molecular formula is C29H30F3N5O. The molecule has 3 aliphatic rings. The number of carbonyl (C=O) groups is 1. The molecule has 5 heterocycles. The van der Waals surface area contributed by atoms with Crippen molar-refractivity contribution in [3.63, 3.8) is 0 Å². The molecular weight excluding hydrogens is 491 g/mol. The summed E-state index contributed by atoms with van der Waals surface area (Å²) in [6.45, 7) is 7.15. The van der Waals surface area contributed by atoms with E-state index in [1.54, 1.807) is 6.07 Å². The Kier molecular flexibility index (Phi) is 6.34. The van der Waals surface area contributed by atoms with Gasteiger partial charge in [-0.3, -0.25) is 19.7 Å². The van der Waals surface area contributed by atoms with Crippen LogP contribution in [-0.2, 0) is 43.6 Å². The number of benzene rings is 1. The summed E-state index contributed by atoms with van der Waals surface area (Å²) in [4.78, 5) is 27.8. The van der Waals surface area contributed by atoms with Gasteiger partial charge in [0.25, 0.3) is 0 Å². The Labute approximate surface area is 220 Å². The number of pyridine rings is 2. The molecule has 0 saturated carbocycles. The van der Waals surface area contributed by atoms with E-state index < -0.39 is 11.9 Å². The first-order chi connectivity index (χ1) is 18.2. The minimum Gasteiger partial charge on any atom is -0.371 e. The second kappa shape index (κ2) is 9.69. The average molecular weight is 522 g/mol. The maximum Gasteiger partial charge on any atom is 0.433 e. The predicted octanol–water partition coefficient (Wildman–Crippen LogP) is 4.73. The quantitative estimate of drug-likeness (QED) is 0.486. The highest BCUT2D eigenvalue weighted by Crippen LogP contribution is 2.35.